The number of carbonyl (C=O) groups excluding carboxylic acids is 1. The number of hydrogen-bond acceptors (Lipinski definition) is 3. The highest BCUT2D eigenvalue weighted by molar-refractivity contribution is 5.70. The SMILES string of the molecule is Cc1c(CCC(=O)OCC(C)(C)C)cc(C(C)(C)C)c(O)c1C. The lowest BCUT2D eigenvalue weighted by Crippen LogP contribution is -2.19. The summed E-state index contributed by atoms with van der Waals surface area (Å²) in [7, 11) is 0. The summed E-state index contributed by atoms with van der Waals surface area (Å²) in [4.78, 5) is 11.9. The van der Waals surface area contributed by atoms with Gasteiger partial charge < -0.3 is 9.84 Å². The molecule has 1 aromatic carbocycles. The summed E-state index contributed by atoms with van der Waals surface area (Å²) < 4.78 is 5.33. The van der Waals surface area contributed by atoms with Gasteiger partial charge in [0.2, 0.25) is 0 Å². The van der Waals surface area contributed by atoms with Crippen LogP contribution in [0.1, 0.15) is 70.2 Å². The Hall–Kier alpha value is -1.51. The van der Waals surface area contributed by atoms with E-state index in [1.54, 1.807) is 0 Å². The van der Waals surface area contributed by atoms with Crippen molar-refractivity contribution in [2.24, 2.45) is 5.41 Å². The third-order valence-corrected chi connectivity index (χ3v) is 4.05. The van der Waals surface area contributed by atoms with Crippen molar-refractivity contribution in [1.82, 2.24) is 0 Å². The predicted octanol–water partition coefficient (Wildman–Crippen LogP) is 4.83. The van der Waals surface area contributed by atoms with Gasteiger partial charge >= 0.3 is 5.97 Å². The van der Waals surface area contributed by atoms with Crippen LogP contribution in [-0.4, -0.2) is 17.7 Å². The van der Waals surface area contributed by atoms with Gasteiger partial charge in [0.25, 0.3) is 0 Å². The molecule has 1 rings (SSSR count). The van der Waals surface area contributed by atoms with Crippen LogP contribution in [0.2, 0.25) is 0 Å². The second-order valence-corrected chi connectivity index (χ2v) is 8.65. The van der Waals surface area contributed by atoms with Gasteiger partial charge in [-0.1, -0.05) is 47.6 Å². The minimum atomic E-state index is -0.164. The van der Waals surface area contributed by atoms with Gasteiger partial charge in [0.05, 0.1) is 6.61 Å². The number of benzene rings is 1. The van der Waals surface area contributed by atoms with Gasteiger partial charge in [0.15, 0.2) is 0 Å². The Morgan fingerprint density at radius 1 is 1.09 bits per heavy atom. The lowest BCUT2D eigenvalue weighted by molar-refractivity contribution is -0.146. The summed E-state index contributed by atoms with van der Waals surface area (Å²) in [5.41, 5.74) is 3.84. The average Bonchev–Trinajstić information content (AvgIpc) is 2.39. The smallest absolute Gasteiger partial charge is 0.306 e. The van der Waals surface area contributed by atoms with Crippen LogP contribution in [0.3, 0.4) is 0 Å². The van der Waals surface area contributed by atoms with Gasteiger partial charge in [-0.15, -0.1) is 0 Å². The van der Waals surface area contributed by atoms with Gasteiger partial charge in [-0.3, -0.25) is 4.79 Å². The van der Waals surface area contributed by atoms with Gasteiger partial charge in [0, 0.05) is 6.42 Å². The molecule has 130 valence electrons. The van der Waals surface area contributed by atoms with Crippen LogP contribution < -0.4 is 0 Å². The van der Waals surface area contributed by atoms with E-state index in [4.69, 9.17) is 4.74 Å². The number of hydrogen-bond donors (Lipinski definition) is 1. The van der Waals surface area contributed by atoms with E-state index in [9.17, 15) is 9.90 Å². The molecule has 0 heterocycles. The zero-order chi connectivity index (χ0) is 18.0. The number of phenolic OH excluding ortho intramolecular Hbond substituents is 1. The monoisotopic (exact) mass is 320 g/mol. The van der Waals surface area contributed by atoms with E-state index in [0.29, 0.717) is 25.2 Å². The molecule has 0 aromatic heterocycles. The third kappa shape index (κ3) is 5.56. The molecule has 0 atom stereocenters. The van der Waals surface area contributed by atoms with Crippen LogP contribution >= 0.6 is 0 Å². The summed E-state index contributed by atoms with van der Waals surface area (Å²) in [6, 6.07) is 2.04. The maximum absolute atomic E-state index is 11.9. The maximum atomic E-state index is 11.9. The second-order valence-electron chi connectivity index (χ2n) is 8.65. The van der Waals surface area contributed by atoms with Crippen molar-refractivity contribution in [1.29, 1.82) is 0 Å². The standard InChI is InChI=1S/C20H32O3/c1-13-14(2)18(22)16(20(6,7)8)11-15(13)9-10-17(21)23-12-19(3,4)5/h11,22H,9-10,12H2,1-8H3. The molecule has 0 aliphatic heterocycles. The minimum Gasteiger partial charge on any atom is -0.507 e. The average molecular weight is 320 g/mol. The Morgan fingerprint density at radius 2 is 1.65 bits per heavy atom. The molecule has 0 aliphatic carbocycles. The Balaban J connectivity index is 2.89. The molecular formula is C20H32O3. The van der Waals surface area contributed by atoms with Crippen LogP contribution in [-0.2, 0) is 21.4 Å². The minimum absolute atomic E-state index is 0.0138. The van der Waals surface area contributed by atoms with Crippen molar-refractivity contribution >= 4 is 5.97 Å². The molecule has 1 aromatic rings. The molecule has 0 saturated heterocycles. The van der Waals surface area contributed by atoms with E-state index in [2.05, 4.69) is 20.8 Å². The van der Waals surface area contributed by atoms with Crippen molar-refractivity contribution < 1.29 is 14.6 Å². The molecule has 0 fully saturated rings. The molecule has 3 nitrogen and oxygen atoms in total. The summed E-state index contributed by atoms with van der Waals surface area (Å²) in [6.07, 6.45) is 1.00. The first-order chi connectivity index (χ1) is 10.3. The van der Waals surface area contributed by atoms with Gasteiger partial charge in [-0.25, -0.2) is 0 Å². The van der Waals surface area contributed by atoms with Crippen LogP contribution in [0.15, 0.2) is 6.07 Å². The molecule has 3 heteroatoms. The van der Waals surface area contributed by atoms with Crippen molar-refractivity contribution in [3.8, 4) is 5.75 Å². The highest BCUT2D eigenvalue weighted by atomic mass is 16.5. The normalized spacial score (nSPS) is 12.3. The maximum Gasteiger partial charge on any atom is 0.306 e. The van der Waals surface area contributed by atoms with E-state index in [1.807, 2.05) is 40.7 Å². The summed E-state index contributed by atoms with van der Waals surface area (Å²) in [6.45, 7) is 16.7. The quantitative estimate of drug-likeness (QED) is 0.808. The van der Waals surface area contributed by atoms with Crippen molar-refractivity contribution in [3.63, 3.8) is 0 Å². The first-order valence-corrected chi connectivity index (χ1v) is 8.31. The molecule has 0 aliphatic rings. The molecule has 0 amide bonds. The molecule has 0 saturated carbocycles. The van der Waals surface area contributed by atoms with E-state index < -0.39 is 0 Å². The number of carbonyl (C=O) groups is 1. The predicted molar refractivity (Wildman–Crippen MR) is 95.0 cm³/mol. The Bertz CT molecular complexity index is 572. The number of phenols is 1. The lowest BCUT2D eigenvalue weighted by atomic mass is 9.82. The van der Waals surface area contributed by atoms with Gasteiger partial charge in [-0.05, 0) is 53.4 Å². The molecule has 1 N–H and O–H groups in total. The fraction of sp³-hybridized carbons (Fsp3) is 0.650. The van der Waals surface area contributed by atoms with E-state index in [0.717, 1.165) is 22.3 Å². The molecule has 23 heavy (non-hydrogen) atoms. The Kier molecular flexibility index (Phi) is 5.89. The van der Waals surface area contributed by atoms with Crippen LogP contribution in [0.25, 0.3) is 0 Å². The van der Waals surface area contributed by atoms with Crippen molar-refractivity contribution in [2.75, 3.05) is 6.61 Å². The largest absolute Gasteiger partial charge is 0.507 e. The highest BCUT2D eigenvalue weighted by Gasteiger charge is 2.22. The lowest BCUT2D eigenvalue weighted by Gasteiger charge is -2.24. The van der Waals surface area contributed by atoms with Crippen LogP contribution in [0, 0.1) is 19.3 Å². The molecule has 0 bridgehead atoms. The topological polar surface area (TPSA) is 46.5 Å². The molecule has 0 radical (unpaired) electrons. The van der Waals surface area contributed by atoms with Crippen molar-refractivity contribution in [2.45, 2.75) is 73.6 Å². The summed E-state index contributed by atoms with van der Waals surface area (Å²) in [5.74, 6) is 0.205. The van der Waals surface area contributed by atoms with E-state index >= 15 is 0 Å². The number of aryl methyl sites for hydroxylation is 1. The van der Waals surface area contributed by atoms with E-state index in [1.165, 1.54) is 0 Å². The number of ether oxygens (including phenoxy) is 1. The number of esters is 1. The first kappa shape index (κ1) is 19.5. The summed E-state index contributed by atoms with van der Waals surface area (Å²) >= 11 is 0. The number of rotatable bonds is 4. The zero-order valence-electron chi connectivity index (χ0n) is 16.0. The highest BCUT2D eigenvalue weighted by Crippen LogP contribution is 2.36. The van der Waals surface area contributed by atoms with Gasteiger partial charge in [-0.2, -0.15) is 0 Å². The van der Waals surface area contributed by atoms with E-state index in [-0.39, 0.29) is 16.8 Å². The Morgan fingerprint density at radius 3 is 2.13 bits per heavy atom. The fourth-order valence-electron chi connectivity index (χ4n) is 2.41. The van der Waals surface area contributed by atoms with Gasteiger partial charge in [0.1, 0.15) is 5.75 Å². The second kappa shape index (κ2) is 6.94. The summed E-state index contributed by atoms with van der Waals surface area (Å²) in [5, 5.41) is 10.4. The third-order valence-electron chi connectivity index (χ3n) is 4.05. The fourth-order valence-corrected chi connectivity index (χ4v) is 2.41. The van der Waals surface area contributed by atoms with Crippen molar-refractivity contribution in [3.05, 3.63) is 28.3 Å². The first-order valence-electron chi connectivity index (χ1n) is 8.31. The Labute approximate surface area is 141 Å². The number of aromatic hydroxyl groups is 1. The van der Waals surface area contributed by atoms with Crippen LogP contribution in [0.4, 0.5) is 0 Å². The van der Waals surface area contributed by atoms with Crippen LogP contribution in [0.5, 0.6) is 5.75 Å². The molecule has 0 spiro atoms. The zero-order valence-corrected chi connectivity index (χ0v) is 16.0. The molecular weight excluding hydrogens is 288 g/mol. The molecule has 0 unspecified atom stereocenters.